The molecule has 8 aromatic rings. The Morgan fingerprint density at radius 3 is 1.63 bits per heavy atom. The molecule has 9 rings (SSSR count). The topological polar surface area (TPSA) is 51.8 Å². The second kappa shape index (κ2) is 8.44. The van der Waals surface area contributed by atoms with Gasteiger partial charge in [0.15, 0.2) is 17.5 Å². The monoisotopic (exact) mass is 523 g/mol. The van der Waals surface area contributed by atoms with Crippen LogP contribution in [0, 0.1) is 0 Å². The first kappa shape index (κ1) is 22.2. The lowest BCUT2D eigenvalue weighted by molar-refractivity contribution is 0.669. The zero-order chi connectivity index (χ0) is 26.9. The zero-order valence-electron chi connectivity index (χ0n) is 21.9. The van der Waals surface area contributed by atoms with Crippen molar-refractivity contribution in [3.05, 3.63) is 127 Å². The average molecular weight is 524 g/mol. The SMILES string of the molecule is c1ccc(-c2nc(-c3ccccc3)nc(-c3cc4c5c(c3)oc3ccc6cccc(c6c35)-c3ccccc3-4)n2)cc1. The molecule has 0 amide bonds. The van der Waals surface area contributed by atoms with Crippen LogP contribution in [0.5, 0.6) is 0 Å². The Balaban J connectivity index is 1.38. The molecule has 0 atom stereocenters. The summed E-state index contributed by atoms with van der Waals surface area (Å²) >= 11 is 0. The van der Waals surface area contributed by atoms with E-state index >= 15 is 0 Å². The minimum atomic E-state index is 0.612. The van der Waals surface area contributed by atoms with Crippen molar-refractivity contribution >= 4 is 32.7 Å². The van der Waals surface area contributed by atoms with Crippen LogP contribution in [-0.2, 0) is 0 Å². The van der Waals surface area contributed by atoms with Crippen LogP contribution < -0.4 is 0 Å². The number of hydrogen-bond donors (Lipinski definition) is 0. The number of aromatic nitrogens is 3. The summed E-state index contributed by atoms with van der Waals surface area (Å²) in [5, 5.41) is 4.74. The molecule has 1 aliphatic carbocycles. The maximum Gasteiger partial charge on any atom is 0.164 e. The number of furan rings is 1. The van der Waals surface area contributed by atoms with Gasteiger partial charge in [-0.15, -0.1) is 0 Å². The fourth-order valence-electron chi connectivity index (χ4n) is 6.22. The molecule has 0 bridgehead atoms. The van der Waals surface area contributed by atoms with Gasteiger partial charge in [0.2, 0.25) is 0 Å². The number of hydrogen-bond acceptors (Lipinski definition) is 4. The molecular formula is C37H21N3O. The molecule has 0 saturated heterocycles. The van der Waals surface area contributed by atoms with Gasteiger partial charge in [0.25, 0.3) is 0 Å². The third kappa shape index (κ3) is 3.31. The predicted octanol–water partition coefficient (Wildman–Crippen LogP) is 9.57. The second-order valence-corrected chi connectivity index (χ2v) is 10.4. The van der Waals surface area contributed by atoms with Crippen LogP contribution in [0.3, 0.4) is 0 Å². The Morgan fingerprint density at radius 1 is 0.366 bits per heavy atom. The van der Waals surface area contributed by atoms with E-state index in [1.165, 1.54) is 27.5 Å². The van der Waals surface area contributed by atoms with Gasteiger partial charge in [-0.3, -0.25) is 0 Å². The third-order valence-corrected chi connectivity index (χ3v) is 8.04. The van der Waals surface area contributed by atoms with E-state index in [0.29, 0.717) is 17.5 Å². The Labute approximate surface area is 235 Å². The highest BCUT2D eigenvalue weighted by molar-refractivity contribution is 6.29. The third-order valence-electron chi connectivity index (χ3n) is 8.04. The van der Waals surface area contributed by atoms with Crippen molar-refractivity contribution < 1.29 is 4.42 Å². The second-order valence-electron chi connectivity index (χ2n) is 10.4. The largest absolute Gasteiger partial charge is 0.456 e. The van der Waals surface area contributed by atoms with Crippen molar-refractivity contribution in [3.63, 3.8) is 0 Å². The van der Waals surface area contributed by atoms with Gasteiger partial charge in [-0.05, 0) is 45.8 Å². The van der Waals surface area contributed by atoms with Gasteiger partial charge in [-0.25, -0.2) is 15.0 Å². The molecule has 0 unspecified atom stereocenters. The number of fused-ring (bicyclic) bond motifs is 3. The lowest BCUT2D eigenvalue weighted by Gasteiger charge is -2.12. The summed E-state index contributed by atoms with van der Waals surface area (Å²) in [5.74, 6) is 1.89. The lowest BCUT2D eigenvalue weighted by Crippen LogP contribution is -2.00. The van der Waals surface area contributed by atoms with Crippen LogP contribution in [0.2, 0.25) is 0 Å². The quantitative estimate of drug-likeness (QED) is 0.231. The lowest BCUT2D eigenvalue weighted by atomic mass is 9.93. The Bertz CT molecular complexity index is 2250. The Morgan fingerprint density at radius 2 is 0.951 bits per heavy atom. The van der Waals surface area contributed by atoms with E-state index in [1.807, 2.05) is 60.7 Å². The van der Waals surface area contributed by atoms with Crippen molar-refractivity contribution in [2.24, 2.45) is 0 Å². The highest BCUT2D eigenvalue weighted by atomic mass is 16.3. The number of nitrogens with zero attached hydrogens (tertiary/aromatic N) is 3. The first-order chi connectivity index (χ1) is 20.3. The Kier molecular flexibility index (Phi) is 4.58. The van der Waals surface area contributed by atoms with E-state index in [4.69, 9.17) is 19.4 Å². The molecule has 0 fully saturated rings. The van der Waals surface area contributed by atoms with E-state index in [-0.39, 0.29) is 0 Å². The van der Waals surface area contributed by atoms with Crippen molar-refractivity contribution in [3.8, 4) is 56.4 Å². The minimum absolute atomic E-state index is 0.612. The van der Waals surface area contributed by atoms with Crippen LogP contribution in [0.15, 0.2) is 132 Å². The first-order valence-electron chi connectivity index (χ1n) is 13.7. The van der Waals surface area contributed by atoms with Crippen molar-refractivity contribution in [2.45, 2.75) is 0 Å². The van der Waals surface area contributed by atoms with E-state index in [0.717, 1.165) is 44.2 Å². The van der Waals surface area contributed by atoms with Crippen LogP contribution in [0.1, 0.15) is 0 Å². The zero-order valence-corrected chi connectivity index (χ0v) is 21.9. The van der Waals surface area contributed by atoms with Gasteiger partial charge in [0, 0.05) is 32.8 Å². The summed E-state index contributed by atoms with van der Waals surface area (Å²) < 4.78 is 6.57. The van der Waals surface area contributed by atoms with E-state index < -0.39 is 0 Å². The molecule has 4 heteroatoms. The fraction of sp³-hybridized carbons (Fsp3) is 0. The molecule has 41 heavy (non-hydrogen) atoms. The molecule has 4 nitrogen and oxygen atoms in total. The molecular weight excluding hydrogens is 502 g/mol. The minimum Gasteiger partial charge on any atom is -0.456 e. The van der Waals surface area contributed by atoms with Crippen LogP contribution in [0.25, 0.3) is 89.1 Å². The highest BCUT2D eigenvalue weighted by Crippen LogP contribution is 2.49. The highest BCUT2D eigenvalue weighted by Gasteiger charge is 2.25. The molecule has 0 saturated carbocycles. The van der Waals surface area contributed by atoms with Gasteiger partial charge in [0.1, 0.15) is 11.2 Å². The maximum atomic E-state index is 6.57. The molecule has 0 N–H and O–H groups in total. The molecule has 190 valence electrons. The van der Waals surface area contributed by atoms with Crippen LogP contribution in [0.4, 0.5) is 0 Å². The van der Waals surface area contributed by atoms with Gasteiger partial charge < -0.3 is 4.42 Å². The molecule has 1 aliphatic rings. The molecule has 2 aromatic heterocycles. The summed E-state index contributed by atoms with van der Waals surface area (Å²) in [6, 6.07) is 43.9. The van der Waals surface area contributed by atoms with Gasteiger partial charge in [0.05, 0.1) is 0 Å². The van der Waals surface area contributed by atoms with E-state index in [1.54, 1.807) is 0 Å². The Hall–Kier alpha value is -5.61. The van der Waals surface area contributed by atoms with Crippen molar-refractivity contribution in [1.29, 1.82) is 0 Å². The molecule has 0 spiro atoms. The van der Waals surface area contributed by atoms with Gasteiger partial charge in [-0.1, -0.05) is 109 Å². The smallest absolute Gasteiger partial charge is 0.164 e. The number of benzene rings is 6. The normalized spacial score (nSPS) is 11.9. The van der Waals surface area contributed by atoms with E-state index in [2.05, 4.69) is 66.7 Å². The maximum absolute atomic E-state index is 6.57. The predicted molar refractivity (Wildman–Crippen MR) is 165 cm³/mol. The van der Waals surface area contributed by atoms with Crippen molar-refractivity contribution in [1.82, 2.24) is 15.0 Å². The standard InChI is InChI=1S/C37H21N3O/c1-3-10-23(11-4-1)35-38-36(24-12-5-2-6-13-24)40-37(39-35)25-20-29-27-16-8-7-15-26(27)28-17-9-14-22-18-19-30-34(32(22)28)33(29)31(21-25)41-30/h1-21H. The van der Waals surface area contributed by atoms with Gasteiger partial charge in [-0.2, -0.15) is 0 Å². The molecule has 0 radical (unpaired) electrons. The summed E-state index contributed by atoms with van der Waals surface area (Å²) in [4.78, 5) is 14.9. The van der Waals surface area contributed by atoms with Crippen LogP contribution in [-0.4, -0.2) is 15.0 Å². The summed E-state index contributed by atoms with van der Waals surface area (Å²) in [6.07, 6.45) is 0. The molecule has 2 heterocycles. The first-order valence-corrected chi connectivity index (χ1v) is 13.7. The number of rotatable bonds is 3. The average Bonchev–Trinajstić information content (AvgIpc) is 3.38. The summed E-state index contributed by atoms with van der Waals surface area (Å²) in [5.41, 5.74) is 9.23. The van der Waals surface area contributed by atoms with Gasteiger partial charge >= 0.3 is 0 Å². The van der Waals surface area contributed by atoms with Crippen LogP contribution >= 0.6 is 0 Å². The van der Waals surface area contributed by atoms with E-state index in [9.17, 15) is 0 Å². The summed E-state index contributed by atoms with van der Waals surface area (Å²) in [7, 11) is 0. The summed E-state index contributed by atoms with van der Waals surface area (Å²) in [6.45, 7) is 0. The molecule has 6 aromatic carbocycles. The van der Waals surface area contributed by atoms with Crippen molar-refractivity contribution in [2.75, 3.05) is 0 Å². The molecule has 0 aliphatic heterocycles. The fourth-order valence-corrected chi connectivity index (χ4v) is 6.22.